The van der Waals surface area contributed by atoms with E-state index in [1.54, 1.807) is 25.4 Å². The van der Waals surface area contributed by atoms with Crippen LogP contribution in [0.2, 0.25) is 0 Å². The van der Waals surface area contributed by atoms with Gasteiger partial charge in [-0.25, -0.2) is 8.42 Å². The van der Waals surface area contributed by atoms with Crippen LogP contribution < -0.4 is 0 Å². The van der Waals surface area contributed by atoms with Crippen molar-refractivity contribution in [3.63, 3.8) is 0 Å². The molecular formula is C12H15ClN4O2S. The molecule has 0 bridgehead atoms. The predicted molar refractivity (Wildman–Crippen MR) is 75.8 cm³/mol. The van der Waals surface area contributed by atoms with Gasteiger partial charge in [0, 0.05) is 26.0 Å². The Kier molecular flexibility index (Phi) is 4.42. The Labute approximate surface area is 122 Å². The zero-order valence-corrected chi connectivity index (χ0v) is 12.7. The van der Waals surface area contributed by atoms with Crippen molar-refractivity contribution in [3.8, 4) is 0 Å². The molecule has 2 aromatic rings. The molecule has 6 nitrogen and oxygen atoms in total. The first-order chi connectivity index (χ1) is 9.46. The monoisotopic (exact) mass is 314 g/mol. The van der Waals surface area contributed by atoms with Gasteiger partial charge in [-0.1, -0.05) is 6.07 Å². The van der Waals surface area contributed by atoms with Crippen molar-refractivity contribution in [2.75, 3.05) is 7.05 Å². The van der Waals surface area contributed by atoms with Gasteiger partial charge in [0.1, 0.15) is 4.90 Å². The maximum absolute atomic E-state index is 12.6. The fraction of sp³-hybridized carbons (Fsp3) is 0.333. The van der Waals surface area contributed by atoms with Crippen LogP contribution in [0.1, 0.15) is 17.0 Å². The summed E-state index contributed by atoms with van der Waals surface area (Å²) >= 11 is 5.74. The average Bonchev–Trinajstić information content (AvgIpc) is 2.81. The smallest absolute Gasteiger partial charge is 0.246 e. The third kappa shape index (κ3) is 2.84. The van der Waals surface area contributed by atoms with Gasteiger partial charge in [-0.05, 0) is 18.6 Å². The van der Waals surface area contributed by atoms with Crippen molar-refractivity contribution >= 4 is 21.6 Å². The Balaban J connectivity index is 2.32. The van der Waals surface area contributed by atoms with Gasteiger partial charge in [0.25, 0.3) is 0 Å². The number of pyridine rings is 1. The molecule has 2 heterocycles. The topological polar surface area (TPSA) is 79.0 Å². The molecule has 0 unspecified atom stereocenters. The molecule has 0 amide bonds. The van der Waals surface area contributed by atoms with E-state index in [4.69, 9.17) is 11.6 Å². The first-order valence-electron chi connectivity index (χ1n) is 5.92. The first kappa shape index (κ1) is 15.0. The van der Waals surface area contributed by atoms with Crippen LogP contribution in [-0.4, -0.2) is 35.0 Å². The van der Waals surface area contributed by atoms with Crippen LogP contribution >= 0.6 is 11.6 Å². The van der Waals surface area contributed by atoms with E-state index in [1.807, 2.05) is 6.07 Å². The summed E-state index contributed by atoms with van der Waals surface area (Å²) in [6, 6.07) is 3.59. The van der Waals surface area contributed by atoms with E-state index >= 15 is 0 Å². The van der Waals surface area contributed by atoms with E-state index < -0.39 is 10.0 Å². The molecule has 0 saturated heterocycles. The lowest BCUT2D eigenvalue weighted by Crippen LogP contribution is -2.27. The van der Waals surface area contributed by atoms with Crippen molar-refractivity contribution in [1.29, 1.82) is 0 Å². The van der Waals surface area contributed by atoms with Crippen molar-refractivity contribution in [2.24, 2.45) is 0 Å². The molecule has 0 aromatic carbocycles. The standard InChI is InChI=1S/C12H15ClN4O2S/c1-9-12(11(6-13)16-15-9)20(18,19)17(2)8-10-4-3-5-14-7-10/h3-5,7H,6,8H2,1-2H3,(H,15,16). The number of rotatable bonds is 5. The summed E-state index contributed by atoms with van der Waals surface area (Å²) in [6.07, 6.45) is 3.28. The summed E-state index contributed by atoms with van der Waals surface area (Å²) in [4.78, 5) is 4.12. The van der Waals surface area contributed by atoms with Crippen LogP contribution in [0.3, 0.4) is 0 Å². The number of H-pyrrole nitrogens is 1. The highest BCUT2D eigenvalue weighted by Gasteiger charge is 2.28. The maximum atomic E-state index is 12.6. The highest BCUT2D eigenvalue weighted by atomic mass is 35.5. The Morgan fingerprint density at radius 2 is 2.20 bits per heavy atom. The second-order valence-corrected chi connectivity index (χ2v) is 6.63. The molecule has 0 fully saturated rings. The lowest BCUT2D eigenvalue weighted by molar-refractivity contribution is 0.465. The Morgan fingerprint density at radius 3 is 2.80 bits per heavy atom. The van der Waals surface area contributed by atoms with Gasteiger partial charge in [0.15, 0.2) is 0 Å². The van der Waals surface area contributed by atoms with Crippen LogP contribution in [0.5, 0.6) is 0 Å². The summed E-state index contributed by atoms with van der Waals surface area (Å²) in [5.74, 6) is 0.0413. The lowest BCUT2D eigenvalue weighted by atomic mass is 10.3. The molecule has 0 atom stereocenters. The van der Waals surface area contributed by atoms with E-state index in [1.165, 1.54) is 11.4 Å². The summed E-state index contributed by atoms with van der Waals surface area (Å²) in [7, 11) is -2.12. The van der Waals surface area contributed by atoms with Gasteiger partial charge < -0.3 is 0 Å². The van der Waals surface area contributed by atoms with Gasteiger partial charge in [0.2, 0.25) is 10.0 Å². The fourth-order valence-electron chi connectivity index (χ4n) is 1.89. The molecule has 2 rings (SSSR count). The molecule has 20 heavy (non-hydrogen) atoms. The number of alkyl halides is 1. The summed E-state index contributed by atoms with van der Waals surface area (Å²) in [5.41, 5.74) is 1.63. The number of nitrogens with zero attached hydrogens (tertiary/aromatic N) is 3. The molecule has 0 radical (unpaired) electrons. The minimum atomic E-state index is -3.64. The van der Waals surface area contributed by atoms with Gasteiger partial charge in [0.05, 0.1) is 17.3 Å². The zero-order chi connectivity index (χ0) is 14.8. The summed E-state index contributed by atoms with van der Waals surface area (Å²) in [5, 5.41) is 6.58. The summed E-state index contributed by atoms with van der Waals surface area (Å²) < 4.78 is 26.4. The minimum Gasteiger partial charge on any atom is -0.281 e. The number of halogens is 1. The van der Waals surface area contributed by atoms with Gasteiger partial charge in [-0.15, -0.1) is 11.6 Å². The molecule has 0 spiro atoms. The molecule has 0 aliphatic carbocycles. The maximum Gasteiger partial charge on any atom is 0.246 e. The van der Waals surface area contributed by atoms with Crippen LogP contribution in [0.15, 0.2) is 29.4 Å². The Hall–Kier alpha value is -1.44. The molecule has 108 valence electrons. The minimum absolute atomic E-state index is 0.0413. The average molecular weight is 315 g/mol. The predicted octanol–water partition coefficient (Wildman–Crippen LogP) is 1.67. The number of aromatic amines is 1. The largest absolute Gasteiger partial charge is 0.281 e. The lowest BCUT2D eigenvalue weighted by Gasteiger charge is -2.17. The van der Waals surface area contributed by atoms with Crippen molar-refractivity contribution in [2.45, 2.75) is 24.2 Å². The normalized spacial score (nSPS) is 12.0. The Bertz CT molecular complexity index is 685. The van der Waals surface area contributed by atoms with Crippen LogP contribution in [0.25, 0.3) is 0 Å². The van der Waals surface area contributed by atoms with Crippen LogP contribution in [0, 0.1) is 6.92 Å². The molecule has 8 heteroatoms. The van der Waals surface area contributed by atoms with Crippen LogP contribution in [-0.2, 0) is 22.4 Å². The molecule has 1 N–H and O–H groups in total. The number of sulfonamides is 1. The second-order valence-electron chi connectivity index (χ2n) is 4.38. The molecule has 0 saturated carbocycles. The highest BCUT2D eigenvalue weighted by molar-refractivity contribution is 7.89. The quantitative estimate of drug-likeness (QED) is 0.851. The van der Waals surface area contributed by atoms with Gasteiger partial charge in [-0.2, -0.15) is 9.40 Å². The number of aromatic nitrogens is 3. The number of nitrogens with one attached hydrogen (secondary N) is 1. The third-order valence-electron chi connectivity index (χ3n) is 2.88. The highest BCUT2D eigenvalue weighted by Crippen LogP contribution is 2.23. The zero-order valence-electron chi connectivity index (χ0n) is 11.2. The van der Waals surface area contributed by atoms with E-state index in [-0.39, 0.29) is 17.3 Å². The SMILES string of the molecule is Cc1[nH]nc(CCl)c1S(=O)(=O)N(C)Cc1cccnc1. The molecule has 0 aliphatic rings. The first-order valence-corrected chi connectivity index (χ1v) is 7.89. The van der Waals surface area contributed by atoms with Gasteiger partial charge >= 0.3 is 0 Å². The van der Waals surface area contributed by atoms with Crippen molar-refractivity contribution in [1.82, 2.24) is 19.5 Å². The molecular weight excluding hydrogens is 300 g/mol. The van der Waals surface area contributed by atoms with E-state index in [2.05, 4.69) is 15.2 Å². The van der Waals surface area contributed by atoms with E-state index in [9.17, 15) is 8.42 Å². The third-order valence-corrected chi connectivity index (χ3v) is 5.14. The van der Waals surface area contributed by atoms with E-state index in [0.29, 0.717) is 11.4 Å². The fourth-order valence-corrected chi connectivity index (χ4v) is 3.64. The Morgan fingerprint density at radius 1 is 1.45 bits per heavy atom. The molecule has 0 aliphatic heterocycles. The van der Waals surface area contributed by atoms with Crippen molar-refractivity contribution < 1.29 is 8.42 Å². The van der Waals surface area contributed by atoms with Gasteiger partial charge in [-0.3, -0.25) is 10.1 Å². The summed E-state index contributed by atoms with van der Waals surface area (Å²) in [6.45, 7) is 1.90. The number of aryl methyl sites for hydroxylation is 1. The van der Waals surface area contributed by atoms with Crippen molar-refractivity contribution in [3.05, 3.63) is 41.5 Å². The van der Waals surface area contributed by atoms with Crippen LogP contribution in [0.4, 0.5) is 0 Å². The second kappa shape index (κ2) is 5.90. The van der Waals surface area contributed by atoms with E-state index in [0.717, 1.165) is 5.56 Å². The molecule has 2 aromatic heterocycles. The number of hydrogen-bond acceptors (Lipinski definition) is 4. The number of hydrogen-bond donors (Lipinski definition) is 1.